The number of hydrogen-bond donors (Lipinski definition) is 1. The second-order valence-electron chi connectivity index (χ2n) is 5.70. The third-order valence-electron chi connectivity index (χ3n) is 4.78. The highest BCUT2D eigenvalue weighted by Crippen LogP contribution is 2.40. The van der Waals surface area contributed by atoms with Gasteiger partial charge in [-0.05, 0) is 37.1 Å². The van der Waals surface area contributed by atoms with Crippen molar-refractivity contribution in [2.24, 2.45) is 23.5 Å². The van der Waals surface area contributed by atoms with Crippen LogP contribution in [0.15, 0.2) is 0 Å². The maximum absolute atomic E-state index is 5.94. The van der Waals surface area contributed by atoms with Crippen LogP contribution < -0.4 is 5.73 Å². The van der Waals surface area contributed by atoms with E-state index in [0.29, 0.717) is 0 Å². The predicted molar refractivity (Wildman–Crippen MR) is 65.7 cm³/mol. The van der Waals surface area contributed by atoms with Crippen molar-refractivity contribution in [1.82, 2.24) is 0 Å². The van der Waals surface area contributed by atoms with Gasteiger partial charge in [-0.3, -0.25) is 0 Å². The standard InChI is InChI=1S/C14H27N/c15-11-13-9-5-6-10-14(13)12-7-3-1-2-4-8-12/h12-14H,1-11,15H2. The molecule has 0 bridgehead atoms. The zero-order valence-corrected chi connectivity index (χ0v) is 10.1. The summed E-state index contributed by atoms with van der Waals surface area (Å²) in [6.45, 7) is 0.946. The first kappa shape index (κ1) is 11.4. The molecule has 0 aliphatic heterocycles. The molecular formula is C14H27N. The van der Waals surface area contributed by atoms with Crippen molar-refractivity contribution in [3.8, 4) is 0 Å². The molecule has 0 aromatic carbocycles. The van der Waals surface area contributed by atoms with Crippen molar-refractivity contribution in [1.29, 1.82) is 0 Å². The minimum Gasteiger partial charge on any atom is -0.330 e. The first-order chi connectivity index (χ1) is 7.42. The molecule has 1 nitrogen and oxygen atoms in total. The van der Waals surface area contributed by atoms with E-state index >= 15 is 0 Å². The van der Waals surface area contributed by atoms with E-state index < -0.39 is 0 Å². The first-order valence-electron chi connectivity index (χ1n) is 7.12. The maximum atomic E-state index is 5.94. The normalized spacial score (nSPS) is 35.0. The summed E-state index contributed by atoms with van der Waals surface area (Å²) in [4.78, 5) is 0. The summed E-state index contributed by atoms with van der Waals surface area (Å²) in [5, 5.41) is 0. The molecule has 0 aromatic rings. The number of hydrogen-bond acceptors (Lipinski definition) is 1. The molecule has 0 radical (unpaired) electrons. The molecule has 2 fully saturated rings. The van der Waals surface area contributed by atoms with E-state index in [-0.39, 0.29) is 0 Å². The average molecular weight is 209 g/mol. The highest BCUT2D eigenvalue weighted by atomic mass is 14.6. The second kappa shape index (κ2) is 5.89. The fourth-order valence-electron chi connectivity index (χ4n) is 3.89. The Balaban J connectivity index is 1.92. The maximum Gasteiger partial charge on any atom is -0.00461 e. The lowest BCUT2D eigenvalue weighted by Crippen LogP contribution is -2.31. The smallest absolute Gasteiger partial charge is 0.00461 e. The summed E-state index contributed by atoms with van der Waals surface area (Å²) in [7, 11) is 0. The van der Waals surface area contributed by atoms with Gasteiger partial charge in [0.05, 0.1) is 0 Å². The van der Waals surface area contributed by atoms with Gasteiger partial charge in [0.15, 0.2) is 0 Å². The van der Waals surface area contributed by atoms with Gasteiger partial charge >= 0.3 is 0 Å². The SMILES string of the molecule is NCC1CCCCC1C1CCCCCC1. The van der Waals surface area contributed by atoms with Crippen molar-refractivity contribution in [2.75, 3.05) is 6.54 Å². The van der Waals surface area contributed by atoms with Crippen LogP contribution in [-0.4, -0.2) is 6.54 Å². The van der Waals surface area contributed by atoms with E-state index in [2.05, 4.69) is 0 Å². The van der Waals surface area contributed by atoms with Crippen LogP contribution in [0.3, 0.4) is 0 Å². The van der Waals surface area contributed by atoms with Gasteiger partial charge in [0, 0.05) is 0 Å². The fraction of sp³-hybridized carbons (Fsp3) is 1.00. The Morgan fingerprint density at radius 2 is 1.33 bits per heavy atom. The molecule has 1 heteroatoms. The van der Waals surface area contributed by atoms with Crippen molar-refractivity contribution >= 4 is 0 Å². The summed E-state index contributed by atoms with van der Waals surface area (Å²) in [6, 6.07) is 0. The summed E-state index contributed by atoms with van der Waals surface area (Å²) in [5.74, 6) is 2.88. The molecule has 0 amide bonds. The zero-order chi connectivity index (χ0) is 10.5. The van der Waals surface area contributed by atoms with E-state index in [1.165, 1.54) is 64.2 Å². The molecule has 2 N–H and O–H groups in total. The third-order valence-corrected chi connectivity index (χ3v) is 4.78. The first-order valence-corrected chi connectivity index (χ1v) is 7.12. The molecule has 2 unspecified atom stereocenters. The Hall–Kier alpha value is -0.0400. The Morgan fingerprint density at radius 3 is 2.00 bits per heavy atom. The highest BCUT2D eigenvalue weighted by molar-refractivity contribution is 4.82. The largest absolute Gasteiger partial charge is 0.330 e. The van der Waals surface area contributed by atoms with Crippen molar-refractivity contribution in [2.45, 2.75) is 64.2 Å². The van der Waals surface area contributed by atoms with E-state index in [0.717, 1.165) is 24.3 Å². The Kier molecular flexibility index (Phi) is 4.49. The quantitative estimate of drug-likeness (QED) is 0.689. The van der Waals surface area contributed by atoms with Crippen molar-refractivity contribution in [3.63, 3.8) is 0 Å². The van der Waals surface area contributed by atoms with Gasteiger partial charge in [-0.15, -0.1) is 0 Å². The monoisotopic (exact) mass is 209 g/mol. The fourth-order valence-corrected chi connectivity index (χ4v) is 3.89. The molecule has 2 aliphatic rings. The van der Waals surface area contributed by atoms with Gasteiger partial charge in [-0.25, -0.2) is 0 Å². The van der Waals surface area contributed by atoms with Gasteiger partial charge in [-0.1, -0.05) is 51.4 Å². The second-order valence-corrected chi connectivity index (χ2v) is 5.70. The average Bonchev–Trinajstić information content (AvgIpc) is 2.57. The molecule has 2 rings (SSSR count). The van der Waals surface area contributed by atoms with Crippen LogP contribution >= 0.6 is 0 Å². The molecule has 2 saturated carbocycles. The van der Waals surface area contributed by atoms with Gasteiger partial charge in [0.25, 0.3) is 0 Å². The molecule has 2 atom stereocenters. The van der Waals surface area contributed by atoms with E-state index in [4.69, 9.17) is 5.73 Å². The lowest BCUT2D eigenvalue weighted by Gasteiger charge is -2.36. The molecule has 15 heavy (non-hydrogen) atoms. The summed E-state index contributed by atoms with van der Waals surface area (Å²) >= 11 is 0. The van der Waals surface area contributed by atoms with Crippen LogP contribution in [0.25, 0.3) is 0 Å². The Labute approximate surface area is 94.8 Å². The molecule has 0 heterocycles. The van der Waals surface area contributed by atoms with Gasteiger partial charge in [0.1, 0.15) is 0 Å². The number of rotatable bonds is 2. The van der Waals surface area contributed by atoms with Crippen LogP contribution in [0.1, 0.15) is 64.2 Å². The third kappa shape index (κ3) is 2.96. The lowest BCUT2D eigenvalue weighted by atomic mass is 9.70. The van der Waals surface area contributed by atoms with Crippen LogP contribution in [0.4, 0.5) is 0 Å². The minimum absolute atomic E-state index is 0.863. The van der Waals surface area contributed by atoms with E-state index in [1.54, 1.807) is 0 Å². The van der Waals surface area contributed by atoms with Gasteiger partial charge in [0.2, 0.25) is 0 Å². The van der Waals surface area contributed by atoms with Crippen LogP contribution in [-0.2, 0) is 0 Å². The summed E-state index contributed by atoms with van der Waals surface area (Å²) in [5.41, 5.74) is 5.94. The van der Waals surface area contributed by atoms with Crippen LogP contribution in [0.2, 0.25) is 0 Å². The molecular weight excluding hydrogens is 182 g/mol. The van der Waals surface area contributed by atoms with Gasteiger partial charge in [-0.2, -0.15) is 0 Å². The topological polar surface area (TPSA) is 26.0 Å². The lowest BCUT2D eigenvalue weighted by molar-refractivity contribution is 0.152. The van der Waals surface area contributed by atoms with E-state index in [9.17, 15) is 0 Å². The molecule has 88 valence electrons. The molecule has 0 saturated heterocycles. The van der Waals surface area contributed by atoms with Crippen molar-refractivity contribution in [3.05, 3.63) is 0 Å². The zero-order valence-electron chi connectivity index (χ0n) is 10.1. The molecule has 0 aromatic heterocycles. The number of nitrogens with two attached hydrogens (primary N) is 1. The summed E-state index contributed by atoms with van der Waals surface area (Å²) in [6.07, 6.45) is 14.7. The van der Waals surface area contributed by atoms with E-state index in [1.807, 2.05) is 0 Å². The minimum atomic E-state index is 0.863. The van der Waals surface area contributed by atoms with Crippen LogP contribution in [0, 0.1) is 17.8 Å². The van der Waals surface area contributed by atoms with Crippen molar-refractivity contribution < 1.29 is 0 Å². The van der Waals surface area contributed by atoms with Crippen LogP contribution in [0.5, 0.6) is 0 Å². The molecule has 2 aliphatic carbocycles. The Morgan fingerprint density at radius 1 is 0.733 bits per heavy atom. The molecule has 0 spiro atoms. The van der Waals surface area contributed by atoms with Gasteiger partial charge < -0.3 is 5.73 Å². The summed E-state index contributed by atoms with van der Waals surface area (Å²) < 4.78 is 0. The predicted octanol–water partition coefficient (Wildman–Crippen LogP) is 3.72. The Bertz CT molecular complexity index is 170. The highest BCUT2D eigenvalue weighted by Gasteiger charge is 2.30.